The van der Waals surface area contributed by atoms with E-state index in [4.69, 9.17) is 0 Å². The molecule has 0 spiro atoms. The minimum Gasteiger partial charge on any atom is -0.340 e. The topological polar surface area (TPSA) is 42.2 Å². The molecule has 1 heterocycles. The van der Waals surface area contributed by atoms with Crippen molar-refractivity contribution >= 4 is 11.5 Å². The normalized spacial score (nSPS) is 11.8. The lowest BCUT2D eigenvalue weighted by atomic mass is 10.2. The van der Waals surface area contributed by atoms with Gasteiger partial charge in [0.25, 0.3) is 0 Å². The number of hydrogen-bond acceptors (Lipinski definition) is 2. The highest BCUT2D eigenvalue weighted by Crippen LogP contribution is 2.13. The van der Waals surface area contributed by atoms with Gasteiger partial charge in [-0.3, -0.25) is 0 Å². The second-order valence-corrected chi connectivity index (χ2v) is 4.36. The Morgan fingerprint density at radius 2 is 2.10 bits per heavy atom. The lowest BCUT2D eigenvalue weighted by Gasteiger charge is -2.09. The van der Waals surface area contributed by atoms with Gasteiger partial charge in [0, 0.05) is 24.3 Å². The van der Waals surface area contributed by atoms with Gasteiger partial charge in [-0.05, 0) is 49.8 Å². The molecule has 0 saturated heterocycles. The third-order valence-corrected chi connectivity index (χ3v) is 2.66. The van der Waals surface area contributed by atoms with Crippen LogP contribution in [0.3, 0.4) is 0 Å². The van der Waals surface area contributed by atoms with Crippen molar-refractivity contribution in [2.75, 3.05) is 5.32 Å². The second-order valence-electron chi connectivity index (χ2n) is 4.36. The van der Waals surface area contributed by atoms with Crippen LogP contribution >= 0.6 is 0 Å². The number of anilines is 1. The molecule has 0 unspecified atom stereocenters. The number of hydrogen-bond donors (Lipinski definition) is 1. The summed E-state index contributed by atoms with van der Waals surface area (Å²) in [6.07, 6.45) is 7.30. The van der Waals surface area contributed by atoms with Gasteiger partial charge in [-0.15, -0.1) is 0 Å². The van der Waals surface area contributed by atoms with E-state index in [-0.39, 0.29) is 0 Å². The molecule has 20 heavy (non-hydrogen) atoms. The number of allylic oxidation sites excluding steroid dienone is 1. The average Bonchev–Trinajstić information content (AvgIpc) is 2.98. The third-order valence-electron chi connectivity index (χ3n) is 2.66. The second kappa shape index (κ2) is 6.52. The lowest BCUT2D eigenvalue weighted by molar-refractivity contribution is 0.881. The van der Waals surface area contributed by atoms with Crippen LogP contribution in [-0.2, 0) is 0 Å². The van der Waals surface area contributed by atoms with Crippen LogP contribution in [0.4, 0.5) is 5.69 Å². The number of benzene rings is 1. The molecule has 2 aromatic rings. The first-order valence-electron chi connectivity index (χ1n) is 6.42. The van der Waals surface area contributed by atoms with E-state index in [2.05, 4.69) is 22.0 Å². The first-order chi connectivity index (χ1) is 9.70. The van der Waals surface area contributed by atoms with Crippen molar-refractivity contribution < 1.29 is 0 Å². The zero-order chi connectivity index (χ0) is 14.4. The van der Waals surface area contributed by atoms with Gasteiger partial charge in [0.1, 0.15) is 5.84 Å². The largest absolute Gasteiger partial charge is 0.340 e. The molecule has 4 nitrogen and oxygen atoms in total. The number of aliphatic imine (C=N–C) groups is 1. The molecule has 0 aliphatic carbocycles. The molecule has 4 heteroatoms. The molecular weight excluding hydrogens is 248 g/mol. The quantitative estimate of drug-likeness (QED) is 0.675. The molecule has 102 valence electrons. The predicted molar refractivity (Wildman–Crippen MR) is 84.2 cm³/mol. The summed E-state index contributed by atoms with van der Waals surface area (Å²) in [5.41, 5.74) is 2.87. The van der Waals surface area contributed by atoms with Gasteiger partial charge in [0.05, 0.1) is 5.69 Å². The van der Waals surface area contributed by atoms with E-state index < -0.39 is 0 Å². The van der Waals surface area contributed by atoms with Crippen molar-refractivity contribution in [1.82, 2.24) is 9.78 Å². The Bertz CT molecular complexity index is 619. The van der Waals surface area contributed by atoms with Gasteiger partial charge in [-0.25, -0.2) is 9.67 Å². The molecule has 0 bridgehead atoms. The van der Waals surface area contributed by atoms with Crippen molar-refractivity contribution in [2.45, 2.75) is 13.8 Å². The molecule has 0 radical (unpaired) electrons. The Kier molecular flexibility index (Phi) is 4.50. The minimum atomic E-state index is 0.759. The summed E-state index contributed by atoms with van der Waals surface area (Å²) in [5, 5.41) is 7.45. The van der Waals surface area contributed by atoms with Gasteiger partial charge >= 0.3 is 0 Å². The van der Waals surface area contributed by atoms with E-state index in [1.54, 1.807) is 12.4 Å². The Morgan fingerprint density at radius 3 is 2.65 bits per heavy atom. The number of rotatable bonds is 4. The van der Waals surface area contributed by atoms with Gasteiger partial charge in [0.2, 0.25) is 0 Å². The molecule has 0 saturated carbocycles. The van der Waals surface area contributed by atoms with Crippen LogP contribution in [0, 0.1) is 0 Å². The van der Waals surface area contributed by atoms with Crippen molar-refractivity contribution in [3.63, 3.8) is 0 Å². The maximum Gasteiger partial charge on any atom is 0.132 e. The highest BCUT2D eigenvalue weighted by molar-refractivity contribution is 6.07. The van der Waals surface area contributed by atoms with Crippen LogP contribution in [0.5, 0.6) is 0 Å². The number of nitrogens with zero attached hydrogens (tertiary/aromatic N) is 3. The predicted octanol–water partition coefficient (Wildman–Crippen LogP) is 3.79. The molecule has 0 atom stereocenters. The maximum atomic E-state index is 4.32. The monoisotopic (exact) mass is 266 g/mol. The molecule has 0 fully saturated rings. The first kappa shape index (κ1) is 13.8. The van der Waals surface area contributed by atoms with Crippen molar-refractivity contribution in [1.29, 1.82) is 0 Å². The molecule has 1 aromatic heterocycles. The fraction of sp³-hybridized carbons (Fsp3) is 0.125. The molecule has 2 rings (SSSR count). The third kappa shape index (κ3) is 3.45. The van der Waals surface area contributed by atoms with Crippen LogP contribution in [-0.4, -0.2) is 15.6 Å². The Hall–Kier alpha value is -2.62. The van der Waals surface area contributed by atoms with Crippen LogP contribution < -0.4 is 5.32 Å². The van der Waals surface area contributed by atoms with Crippen molar-refractivity contribution in [2.24, 2.45) is 4.99 Å². The molecule has 0 aliphatic rings. The Labute approximate surface area is 119 Å². The van der Waals surface area contributed by atoms with Gasteiger partial charge in [0.15, 0.2) is 0 Å². The molecule has 0 aliphatic heterocycles. The fourth-order valence-electron chi connectivity index (χ4n) is 1.65. The smallest absolute Gasteiger partial charge is 0.132 e. The van der Waals surface area contributed by atoms with E-state index in [9.17, 15) is 0 Å². The van der Waals surface area contributed by atoms with Gasteiger partial charge < -0.3 is 5.32 Å². The summed E-state index contributed by atoms with van der Waals surface area (Å²) in [5.74, 6) is 0.759. The summed E-state index contributed by atoms with van der Waals surface area (Å²) >= 11 is 0. The average molecular weight is 266 g/mol. The number of nitrogens with one attached hydrogen (secondary N) is 1. The van der Waals surface area contributed by atoms with Gasteiger partial charge in [-0.1, -0.05) is 12.7 Å². The number of aromatic nitrogens is 2. The lowest BCUT2D eigenvalue weighted by Crippen LogP contribution is -2.12. The SMILES string of the molecule is C=C(C)C(=N/C=C\C)Nc1ccc(-n2cccn2)cc1. The molecular formula is C16H18N4. The zero-order valence-corrected chi connectivity index (χ0v) is 11.7. The Morgan fingerprint density at radius 1 is 1.35 bits per heavy atom. The Balaban J connectivity index is 2.16. The summed E-state index contributed by atoms with van der Waals surface area (Å²) in [4.78, 5) is 4.32. The van der Waals surface area contributed by atoms with E-state index in [0.29, 0.717) is 0 Å². The maximum absolute atomic E-state index is 4.32. The molecule has 0 amide bonds. The minimum absolute atomic E-state index is 0.759. The summed E-state index contributed by atoms with van der Waals surface area (Å²) < 4.78 is 1.82. The number of amidine groups is 1. The zero-order valence-electron chi connectivity index (χ0n) is 11.7. The van der Waals surface area contributed by atoms with E-state index in [1.807, 2.05) is 61.1 Å². The summed E-state index contributed by atoms with van der Waals surface area (Å²) in [6, 6.07) is 9.88. The molecule has 1 aromatic carbocycles. The van der Waals surface area contributed by atoms with Crippen LogP contribution in [0.15, 0.2) is 72.1 Å². The van der Waals surface area contributed by atoms with Crippen LogP contribution in [0.2, 0.25) is 0 Å². The summed E-state index contributed by atoms with van der Waals surface area (Å²) in [6.45, 7) is 7.77. The van der Waals surface area contributed by atoms with Gasteiger partial charge in [-0.2, -0.15) is 5.10 Å². The highest BCUT2D eigenvalue weighted by atomic mass is 15.3. The first-order valence-corrected chi connectivity index (χ1v) is 6.42. The van der Waals surface area contributed by atoms with E-state index >= 15 is 0 Å². The van der Waals surface area contributed by atoms with Crippen LogP contribution in [0.25, 0.3) is 5.69 Å². The van der Waals surface area contributed by atoms with Crippen molar-refractivity contribution in [3.8, 4) is 5.69 Å². The highest BCUT2D eigenvalue weighted by Gasteiger charge is 2.01. The summed E-state index contributed by atoms with van der Waals surface area (Å²) in [7, 11) is 0. The fourth-order valence-corrected chi connectivity index (χ4v) is 1.65. The van der Waals surface area contributed by atoms with E-state index in [0.717, 1.165) is 22.8 Å². The molecule has 1 N–H and O–H groups in total. The van der Waals surface area contributed by atoms with Crippen molar-refractivity contribution in [3.05, 3.63) is 67.2 Å². The van der Waals surface area contributed by atoms with Crippen LogP contribution in [0.1, 0.15) is 13.8 Å². The van der Waals surface area contributed by atoms with E-state index in [1.165, 1.54) is 0 Å². The standard InChI is InChI=1S/C16H18N4/c1-4-10-17-16(13(2)3)19-14-6-8-15(9-7-14)20-12-5-11-18-20/h4-12H,2H2,1,3H3,(H,17,19)/b10-4-.